The molecule has 0 N–H and O–H groups in total. The molecule has 2 aromatic heterocycles. The van der Waals surface area contributed by atoms with Crippen molar-refractivity contribution in [1.82, 2.24) is 9.36 Å². The number of hydrogen-bond donors (Lipinski definition) is 0. The number of rotatable bonds is 0. The van der Waals surface area contributed by atoms with E-state index in [-0.39, 0.29) is 0 Å². The van der Waals surface area contributed by atoms with Gasteiger partial charge in [-0.1, -0.05) is 13.8 Å². The van der Waals surface area contributed by atoms with Gasteiger partial charge in [-0.15, -0.1) is 0 Å². The van der Waals surface area contributed by atoms with Crippen molar-refractivity contribution in [2.75, 3.05) is 0 Å². The molecule has 0 aliphatic heterocycles. The molecule has 0 amide bonds. The molecule has 2 rings (SSSR count). The predicted molar refractivity (Wildman–Crippen MR) is 53.5 cm³/mol. The predicted octanol–water partition coefficient (Wildman–Crippen LogP) is 3.03. The van der Waals surface area contributed by atoms with Crippen molar-refractivity contribution in [2.45, 2.75) is 20.8 Å². The van der Waals surface area contributed by atoms with Gasteiger partial charge < -0.3 is 0 Å². The van der Waals surface area contributed by atoms with Crippen LogP contribution < -0.4 is 0 Å². The molecule has 2 nitrogen and oxygen atoms in total. The minimum Gasteiger partial charge on any atom is -0.261 e. The molecule has 2 heterocycles. The quantitative estimate of drug-likeness (QED) is 0.622. The summed E-state index contributed by atoms with van der Waals surface area (Å²) < 4.78 is 5.28. The number of fused-ring (bicyclic) bond motifs is 1. The fourth-order valence-corrected chi connectivity index (χ4v) is 1.62. The summed E-state index contributed by atoms with van der Waals surface area (Å²) >= 11 is 1.51. The second kappa shape index (κ2) is 4.16. The zero-order valence-corrected chi connectivity index (χ0v) is 8.35. The number of pyridine rings is 1. The van der Waals surface area contributed by atoms with Gasteiger partial charge in [0.05, 0.1) is 10.9 Å². The van der Waals surface area contributed by atoms with Gasteiger partial charge in [0.1, 0.15) is 0 Å². The minimum atomic E-state index is 1.06. The molecule has 2 aromatic rings. The van der Waals surface area contributed by atoms with Crippen molar-refractivity contribution in [2.24, 2.45) is 0 Å². The number of nitrogens with zero attached hydrogens (tertiary/aromatic N) is 2. The van der Waals surface area contributed by atoms with E-state index in [9.17, 15) is 0 Å². The first-order valence-corrected chi connectivity index (χ1v) is 4.81. The molecular formula is C9H12N2S. The van der Waals surface area contributed by atoms with Gasteiger partial charge in [0.15, 0.2) is 0 Å². The monoisotopic (exact) mass is 180 g/mol. The van der Waals surface area contributed by atoms with Gasteiger partial charge in [-0.25, -0.2) is 0 Å². The second-order valence-corrected chi connectivity index (χ2v) is 2.97. The second-order valence-electron chi connectivity index (χ2n) is 2.13. The smallest absolute Gasteiger partial charge is 0.0583 e. The summed E-state index contributed by atoms with van der Waals surface area (Å²) in [5, 5.41) is 1.17. The lowest BCUT2D eigenvalue weighted by atomic mass is 10.3. The van der Waals surface area contributed by atoms with Crippen LogP contribution in [0.3, 0.4) is 0 Å². The van der Waals surface area contributed by atoms with E-state index in [2.05, 4.69) is 9.36 Å². The van der Waals surface area contributed by atoms with Crippen LogP contribution in [0.5, 0.6) is 0 Å². The third kappa shape index (κ3) is 1.61. The molecule has 0 aliphatic carbocycles. The fourth-order valence-electron chi connectivity index (χ4n) is 0.927. The molecule has 0 atom stereocenters. The summed E-state index contributed by atoms with van der Waals surface area (Å²) in [4.78, 5) is 4.15. The highest BCUT2D eigenvalue weighted by atomic mass is 32.1. The Labute approximate surface area is 76.4 Å². The van der Waals surface area contributed by atoms with E-state index in [1.165, 1.54) is 21.6 Å². The van der Waals surface area contributed by atoms with Gasteiger partial charge in [0, 0.05) is 17.3 Å². The van der Waals surface area contributed by atoms with Crippen molar-refractivity contribution < 1.29 is 0 Å². The van der Waals surface area contributed by atoms with Crippen LogP contribution >= 0.6 is 11.5 Å². The van der Waals surface area contributed by atoms with Crippen LogP contribution in [-0.2, 0) is 0 Å². The van der Waals surface area contributed by atoms with Crippen molar-refractivity contribution in [3.8, 4) is 0 Å². The highest BCUT2D eigenvalue weighted by Gasteiger charge is 1.97. The molecule has 0 aromatic carbocycles. The van der Waals surface area contributed by atoms with Gasteiger partial charge in [-0.3, -0.25) is 4.98 Å². The Morgan fingerprint density at radius 1 is 1.33 bits per heavy atom. The summed E-state index contributed by atoms with van der Waals surface area (Å²) in [5.74, 6) is 0. The summed E-state index contributed by atoms with van der Waals surface area (Å²) in [6.45, 7) is 6.00. The molecule has 12 heavy (non-hydrogen) atoms. The van der Waals surface area contributed by atoms with Crippen molar-refractivity contribution >= 4 is 21.6 Å². The lowest BCUT2D eigenvalue weighted by Crippen LogP contribution is -1.76. The van der Waals surface area contributed by atoms with Gasteiger partial charge >= 0.3 is 0 Å². The number of aryl methyl sites for hydroxylation is 1. The summed E-state index contributed by atoms with van der Waals surface area (Å²) in [6, 6.07) is 1.99. The van der Waals surface area contributed by atoms with Gasteiger partial charge in [0.2, 0.25) is 0 Å². The van der Waals surface area contributed by atoms with Crippen LogP contribution in [0.25, 0.3) is 10.1 Å². The third-order valence-electron chi connectivity index (χ3n) is 1.48. The Morgan fingerprint density at radius 3 is 2.75 bits per heavy atom. The molecular weight excluding hydrogens is 168 g/mol. The molecule has 0 spiro atoms. The first-order valence-electron chi connectivity index (χ1n) is 4.04. The molecule has 0 aliphatic rings. The Morgan fingerprint density at radius 2 is 2.08 bits per heavy atom. The van der Waals surface area contributed by atoms with E-state index in [0.29, 0.717) is 0 Å². The Kier molecular flexibility index (Phi) is 3.17. The van der Waals surface area contributed by atoms with Gasteiger partial charge in [-0.2, -0.15) is 4.37 Å². The Hall–Kier alpha value is -0.960. The van der Waals surface area contributed by atoms with E-state index < -0.39 is 0 Å². The van der Waals surface area contributed by atoms with E-state index in [4.69, 9.17) is 0 Å². The van der Waals surface area contributed by atoms with Crippen molar-refractivity contribution in [3.63, 3.8) is 0 Å². The fraction of sp³-hybridized carbons (Fsp3) is 0.333. The number of aromatic nitrogens is 2. The highest BCUT2D eigenvalue weighted by Crippen LogP contribution is 2.18. The van der Waals surface area contributed by atoms with E-state index in [0.717, 1.165) is 5.69 Å². The lowest BCUT2D eigenvalue weighted by Gasteiger charge is -1.89. The highest BCUT2D eigenvalue weighted by molar-refractivity contribution is 7.13. The largest absolute Gasteiger partial charge is 0.261 e. The summed E-state index contributed by atoms with van der Waals surface area (Å²) in [5.41, 5.74) is 1.06. The average Bonchev–Trinajstić information content (AvgIpc) is 2.57. The van der Waals surface area contributed by atoms with Crippen molar-refractivity contribution in [3.05, 3.63) is 24.2 Å². The average molecular weight is 180 g/mol. The van der Waals surface area contributed by atoms with Crippen LogP contribution in [-0.4, -0.2) is 9.36 Å². The third-order valence-corrected chi connectivity index (χ3v) is 2.25. The maximum Gasteiger partial charge on any atom is 0.0583 e. The van der Waals surface area contributed by atoms with Gasteiger partial charge in [0.25, 0.3) is 0 Å². The molecule has 0 bridgehead atoms. The maximum atomic E-state index is 4.15. The molecule has 0 saturated heterocycles. The normalized spacial score (nSPS) is 9.25. The summed E-state index contributed by atoms with van der Waals surface area (Å²) in [7, 11) is 0. The van der Waals surface area contributed by atoms with E-state index >= 15 is 0 Å². The van der Waals surface area contributed by atoms with Crippen LogP contribution in [0.2, 0.25) is 0 Å². The number of hydrogen-bond acceptors (Lipinski definition) is 3. The first-order chi connectivity index (χ1) is 5.88. The lowest BCUT2D eigenvalue weighted by molar-refractivity contribution is 1.24. The van der Waals surface area contributed by atoms with Crippen LogP contribution in [0, 0.1) is 6.92 Å². The Bertz CT molecular complexity index is 354. The standard InChI is InChI=1S/C7H6N2S.C2H6/c1-5-6-4-9-10-7(6)2-3-8-5;1-2/h2-4H,1H3;1-2H3. The zero-order chi connectivity index (χ0) is 8.97. The SMILES string of the molecule is CC.Cc1nccc2sncc12. The minimum absolute atomic E-state index is 1.06. The Balaban J connectivity index is 0.000000336. The topological polar surface area (TPSA) is 25.8 Å². The maximum absolute atomic E-state index is 4.15. The van der Waals surface area contributed by atoms with Crippen LogP contribution in [0.4, 0.5) is 0 Å². The van der Waals surface area contributed by atoms with E-state index in [1.807, 2.05) is 39.2 Å². The van der Waals surface area contributed by atoms with Crippen molar-refractivity contribution in [1.29, 1.82) is 0 Å². The van der Waals surface area contributed by atoms with Crippen LogP contribution in [0.1, 0.15) is 19.5 Å². The molecule has 0 saturated carbocycles. The van der Waals surface area contributed by atoms with E-state index in [1.54, 1.807) is 0 Å². The molecule has 0 fully saturated rings. The van der Waals surface area contributed by atoms with Gasteiger partial charge in [-0.05, 0) is 24.5 Å². The molecule has 0 radical (unpaired) electrons. The van der Waals surface area contributed by atoms with Crippen LogP contribution in [0.15, 0.2) is 18.5 Å². The molecule has 0 unspecified atom stereocenters. The zero-order valence-electron chi connectivity index (χ0n) is 7.53. The molecule has 64 valence electrons. The summed E-state index contributed by atoms with van der Waals surface area (Å²) in [6.07, 6.45) is 3.68. The first kappa shape index (κ1) is 9.13. The molecule has 3 heteroatoms.